The van der Waals surface area contributed by atoms with Gasteiger partial charge in [-0.05, 0) is 67.9 Å². The lowest BCUT2D eigenvalue weighted by Gasteiger charge is -2.17. The van der Waals surface area contributed by atoms with Crippen LogP contribution < -0.4 is 0 Å². The van der Waals surface area contributed by atoms with Gasteiger partial charge in [0.15, 0.2) is 0 Å². The maximum atomic E-state index is 3.93. The van der Waals surface area contributed by atoms with Crippen molar-refractivity contribution in [2.75, 3.05) is 0 Å². The maximum absolute atomic E-state index is 3.93. The summed E-state index contributed by atoms with van der Waals surface area (Å²) in [5.41, 5.74) is 4.04. The van der Waals surface area contributed by atoms with Gasteiger partial charge in [0.05, 0.1) is 0 Å². The van der Waals surface area contributed by atoms with Gasteiger partial charge < -0.3 is 0 Å². The third-order valence-corrected chi connectivity index (χ3v) is 5.68. The number of aryl methyl sites for hydroxylation is 1. The molecule has 0 saturated carbocycles. The SMILES string of the molecule is C=CCCc1c2ccccc2c(-c2ccc3ccccc3c2)c2ccccc12. The van der Waals surface area contributed by atoms with E-state index in [9.17, 15) is 0 Å². The van der Waals surface area contributed by atoms with E-state index >= 15 is 0 Å². The van der Waals surface area contributed by atoms with E-state index < -0.39 is 0 Å². The quantitative estimate of drug-likeness (QED) is 0.226. The fraction of sp³-hybridized carbons (Fsp3) is 0.0714. The summed E-state index contributed by atoms with van der Waals surface area (Å²) in [6, 6.07) is 33.1. The summed E-state index contributed by atoms with van der Waals surface area (Å²) in [4.78, 5) is 0. The Bertz CT molecular complexity index is 1270. The predicted octanol–water partition coefficient (Wildman–Crippen LogP) is 7.93. The molecule has 0 atom stereocenters. The van der Waals surface area contributed by atoms with Gasteiger partial charge in [0.25, 0.3) is 0 Å². The fourth-order valence-electron chi connectivity index (χ4n) is 4.39. The van der Waals surface area contributed by atoms with E-state index in [0.717, 1.165) is 12.8 Å². The van der Waals surface area contributed by atoms with Crippen LogP contribution in [0.1, 0.15) is 12.0 Å². The van der Waals surface area contributed by atoms with Gasteiger partial charge in [0.1, 0.15) is 0 Å². The van der Waals surface area contributed by atoms with E-state index in [4.69, 9.17) is 0 Å². The molecule has 5 aromatic rings. The molecule has 0 amide bonds. The van der Waals surface area contributed by atoms with E-state index in [0.29, 0.717) is 0 Å². The van der Waals surface area contributed by atoms with Gasteiger partial charge in [-0.25, -0.2) is 0 Å². The largest absolute Gasteiger partial charge is 0.103 e. The van der Waals surface area contributed by atoms with Gasteiger partial charge in [0.2, 0.25) is 0 Å². The van der Waals surface area contributed by atoms with E-state index in [1.165, 1.54) is 49.0 Å². The molecule has 0 aliphatic rings. The average Bonchev–Trinajstić information content (AvgIpc) is 2.76. The molecular formula is C28H22. The molecule has 0 N–H and O–H groups in total. The van der Waals surface area contributed by atoms with E-state index in [1.807, 2.05) is 6.08 Å². The van der Waals surface area contributed by atoms with Crippen LogP contribution in [0, 0.1) is 0 Å². The molecule has 0 fully saturated rings. The van der Waals surface area contributed by atoms with Crippen molar-refractivity contribution in [3.63, 3.8) is 0 Å². The summed E-state index contributed by atoms with van der Waals surface area (Å²) in [5, 5.41) is 7.93. The number of hydrogen-bond donors (Lipinski definition) is 0. The van der Waals surface area contributed by atoms with Crippen LogP contribution in [-0.2, 0) is 6.42 Å². The van der Waals surface area contributed by atoms with Crippen molar-refractivity contribution < 1.29 is 0 Å². The number of fused-ring (bicyclic) bond motifs is 3. The van der Waals surface area contributed by atoms with Crippen molar-refractivity contribution in [3.05, 3.63) is 109 Å². The average molecular weight is 358 g/mol. The number of benzene rings is 5. The fourth-order valence-corrected chi connectivity index (χ4v) is 4.39. The van der Waals surface area contributed by atoms with Crippen LogP contribution in [0.25, 0.3) is 43.4 Å². The van der Waals surface area contributed by atoms with Crippen molar-refractivity contribution in [2.24, 2.45) is 0 Å². The summed E-state index contributed by atoms with van der Waals surface area (Å²) in [5.74, 6) is 0. The first kappa shape index (κ1) is 16.8. The molecule has 0 unspecified atom stereocenters. The van der Waals surface area contributed by atoms with Crippen LogP contribution in [0.15, 0.2) is 104 Å². The summed E-state index contributed by atoms with van der Waals surface area (Å²) in [6.45, 7) is 3.93. The molecule has 0 aliphatic heterocycles. The van der Waals surface area contributed by atoms with Crippen LogP contribution in [0.5, 0.6) is 0 Å². The summed E-state index contributed by atoms with van der Waals surface area (Å²) < 4.78 is 0. The van der Waals surface area contributed by atoms with E-state index in [1.54, 1.807) is 0 Å². The summed E-state index contributed by atoms with van der Waals surface area (Å²) in [7, 11) is 0. The van der Waals surface area contributed by atoms with Crippen molar-refractivity contribution >= 4 is 32.3 Å². The second-order valence-electron chi connectivity index (χ2n) is 7.33. The monoisotopic (exact) mass is 358 g/mol. The van der Waals surface area contributed by atoms with Gasteiger partial charge in [0, 0.05) is 0 Å². The maximum Gasteiger partial charge on any atom is -0.00264 e. The van der Waals surface area contributed by atoms with Crippen molar-refractivity contribution in [1.29, 1.82) is 0 Å². The molecule has 5 rings (SSSR count). The Labute approximate surface area is 165 Å². The Hall–Kier alpha value is -3.38. The third-order valence-electron chi connectivity index (χ3n) is 5.68. The van der Waals surface area contributed by atoms with Gasteiger partial charge in [-0.1, -0.05) is 91.0 Å². The number of allylic oxidation sites excluding steroid dienone is 1. The van der Waals surface area contributed by atoms with Crippen LogP contribution in [0.4, 0.5) is 0 Å². The molecule has 0 nitrogen and oxygen atoms in total. The van der Waals surface area contributed by atoms with Gasteiger partial charge in [-0.15, -0.1) is 6.58 Å². The molecule has 0 saturated heterocycles. The molecule has 28 heavy (non-hydrogen) atoms. The Kier molecular flexibility index (Phi) is 4.18. The normalized spacial score (nSPS) is 11.3. The number of rotatable bonds is 4. The lowest BCUT2D eigenvalue weighted by atomic mass is 9.86. The smallest absolute Gasteiger partial charge is 0.00264 e. The van der Waals surface area contributed by atoms with Crippen molar-refractivity contribution in [3.8, 4) is 11.1 Å². The zero-order valence-corrected chi connectivity index (χ0v) is 15.9. The topological polar surface area (TPSA) is 0 Å². The standard InChI is InChI=1S/C28H22/c1-2-3-12-23-24-13-6-8-15-26(24)28(27-16-9-7-14-25(23)27)22-18-17-20-10-4-5-11-21(20)19-22/h2,4-11,13-19H,1,3,12H2. The first-order valence-electron chi connectivity index (χ1n) is 9.89. The van der Waals surface area contributed by atoms with E-state index in [-0.39, 0.29) is 0 Å². The summed E-state index contributed by atoms with van der Waals surface area (Å²) >= 11 is 0. The first-order chi connectivity index (χ1) is 13.9. The molecule has 5 aromatic carbocycles. The van der Waals surface area contributed by atoms with Crippen LogP contribution in [0.2, 0.25) is 0 Å². The minimum absolute atomic E-state index is 0.989. The third kappa shape index (κ3) is 2.70. The molecule has 0 aliphatic carbocycles. The first-order valence-corrected chi connectivity index (χ1v) is 9.89. The van der Waals surface area contributed by atoms with Gasteiger partial charge in [-0.2, -0.15) is 0 Å². The molecular weight excluding hydrogens is 336 g/mol. The van der Waals surface area contributed by atoms with Gasteiger partial charge >= 0.3 is 0 Å². The van der Waals surface area contributed by atoms with Crippen LogP contribution >= 0.6 is 0 Å². The second-order valence-corrected chi connectivity index (χ2v) is 7.33. The lowest BCUT2D eigenvalue weighted by molar-refractivity contribution is 1.03. The zero-order chi connectivity index (χ0) is 18.9. The molecule has 0 bridgehead atoms. The van der Waals surface area contributed by atoms with Crippen LogP contribution in [0.3, 0.4) is 0 Å². The molecule has 0 aromatic heterocycles. The Morgan fingerprint density at radius 1 is 0.607 bits per heavy atom. The second kappa shape index (κ2) is 6.98. The zero-order valence-electron chi connectivity index (χ0n) is 15.9. The van der Waals surface area contributed by atoms with Crippen LogP contribution in [-0.4, -0.2) is 0 Å². The highest BCUT2D eigenvalue weighted by Crippen LogP contribution is 2.40. The van der Waals surface area contributed by atoms with Crippen molar-refractivity contribution in [2.45, 2.75) is 12.8 Å². The Balaban J connectivity index is 1.90. The minimum atomic E-state index is 0.989. The molecule has 0 heterocycles. The van der Waals surface area contributed by atoms with E-state index in [2.05, 4.69) is 97.6 Å². The highest BCUT2D eigenvalue weighted by atomic mass is 14.2. The highest BCUT2D eigenvalue weighted by molar-refractivity contribution is 6.15. The minimum Gasteiger partial charge on any atom is -0.103 e. The molecule has 0 radical (unpaired) electrons. The lowest BCUT2D eigenvalue weighted by Crippen LogP contribution is -1.93. The van der Waals surface area contributed by atoms with Gasteiger partial charge in [-0.3, -0.25) is 0 Å². The molecule has 134 valence electrons. The highest BCUT2D eigenvalue weighted by Gasteiger charge is 2.14. The number of hydrogen-bond acceptors (Lipinski definition) is 0. The molecule has 0 spiro atoms. The Morgan fingerprint density at radius 2 is 1.18 bits per heavy atom. The van der Waals surface area contributed by atoms with Crippen molar-refractivity contribution in [1.82, 2.24) is 0 Å². The summed E-state index contributed by atoms with van der Waals surface area (Å²) in [6.07, 6.45) is 4.02. The predicted molar refractivity (Wildman–Crippen MR) is 123 cm³/mol. The molecule has 0 heteroatoms. The Morgan fingerprint density at radius 3 is 1.82 bits per heavy atom.